The average molecular weight is 491 g/mol. The summed E-state index contributed by atoms with van der Waals surface area (Å²) in [7, 11) is 0. The predicted octanol–water partition coefficient (Wildman–Crippen LogP) is 2.52. The van der Waals surface area contributed by atoms with Crippen molar-refractivity contribution in [2.45, 2.75) is 32.6 Å². The third kappa shape index (κ3) is 4.02. The van der Waals surface area contributed by atoms with Gasteiger partial charge in [-0.1, -0.05) is 12.1 Å². The van der Waals surface area contributed by atoms with Crippen molar-refractivity contribution in [2.75, 3.05) is 6.61 Å². The Morgan fingerprint density at radius 2 is 2.14 bits per heavy atom. The first-order valence-corrected chi connectivity index (χ1v) is 11.2. The second-order valence-electron chi connectivity index (χ2n) is 8.34. The minimum atomic E-state index is -0.711. The van der Waals surface area contributed by atoms with Crippen LogP contribution in [0.15, 0.2) is 44.6 Å². The molecule has 1 aliphatic carbocycles. The van der Waals surface area contributed by atoms with E-state index >= 15 is 0 Å². The Morgan fingerprint density at radius 3 is 2.94 bits per heavy atom. The van der Waals surface area contributed by atoms with Crippen LogP contribution in [-0.4, -0.2) is 38.5 Å². The number of hydrazone groups is 1. The number of carbonyl (C=O) groups is 1. The summed E-state index contributed by atoms with van der Waals surface area (Å²) in [5.41, 5.74) is 3.01. The van der Waals surface area contributed by atoms with Gasteiger partial charge in [-0.25, -0.2) is 10.4 Å². The number of furan rings is 1. The van der Waals surface area contributed by atoms with Crippen molar-refractivity contribution >= 4 is 39.7 Å². The molecule has 0 atom stereocenters. The van der Waals surface area contributed by atoms with Crippen LogP contribution in [0.5, 0.6) is 5.75 Å². The summed E-state index contributed by atoms with van der Waals surface area (Å²) in [6.07, 6.45) is 4.41. The van der Waals surface area contributed by atoms with E-state index in [-0.39, 0.29) is 17.0 Å². The van der Waals surface area contributed by atoms with Gasteiger partial charge in [0.05, 0.1) is 33.7 Å². The fraction of sp³-hybridized carbons (Fsp3) is 0.250. The summed E-state index contributed by atoms with van der Waals surface area (Å²) in [4.78, 5) is 45.3. The van der Waals surface area contributed by atoms with Crippen LogP contribution in [0, 0.1) is 17.0 Å². The zero-order valence-electron chi connectivity index (χ0n) is 19.2. The van der Waals surface area contributed by atoms with Crippen molar-refractivity contribution in [1.82, 2.24) is 15.1 Å². The lowest BCUT2D eigenvalue weighted by Gasteiger charge is -2.11. The molecule has 12 nitrogen and oxygen atoms in total. The fourth-order valence-electron chi connectivity index (χ4n) is 4.40. The van der Waals surface area contributed by atoms with Crippen LogP contribution >= 0.6 is 0 Å². The number of fused-ring (bicyclic) bond motifs is 4. The molecule has 2 N–H and O–H groups in total. The van der Waals surface area contributed by atoms with E-state index in [1.165, 1.54) is 6.07 Å². The molecule has 0 fully saturated rings. The molecular formula is C24H21N5O7. The normalized spacial score (nSPS) is 13.2. The maximum absolute atomic E-state index is 12.6. The first kappa shape index (κ1) is 23.0. The van der Waals surface area contributed by atoms with Crippen LogP contribution in [-0.2, 0) is 17.6 Å². The molecule has 2 aromatic heterocycles. The standard InChI is InChI=1S/C24H21N5O7/c1-13-26-17-8-4-2-6-14(17)24(32)28(13)35-12-21(30)27-25-11-16-22-15-7-3-5-9-19(15)36-20(22)10-18(23(16)31)29(33)34/h2,4,6,8,10-11,31H,3,5,7,9,12H2,1H3,(H,27,30)/b25-11+. The minimum Gasteiger partial charge on any atom is -0.502 e. The van der Waals surface area contributed by atoms with E-state index in [4.69, 9.17) is 9.25 Å². The molecule has 0 unspecified atom stereocenters. The van der Waals surface area contributed by atoms with Gasteiger partial charge in [-0.05, 0) is 38.3 Å². The number of nitrogens with one attached hydrogen (secondary N) is 1. The zero-order valence-corrected chi connectivity index (χ0v) is 19.2. The number of hydrogen-bond acceptors (Lipinski definition) is 9. The van der Waals surface area contributed by atoms with Crippen molar-refractivity contribution < 1.29 is 24.1 Å². The van der Waals surface area contributed by atoms with Gasteiger partial charge in [-0.2, -0.15) is 5.10 Å². The average Bonchev–Trinajstić information content (AvgIpc) is 3.23. The van der Waals surface area contributed by atoms with Crippen molar-refractivity contribution in [3.05, 3.63) is 73.5 Å². The number of aromatic nitrogens is 2. The van der Waals surface area contributed by atoms with Crippen LogP contribution < -0.4 is 15.8 Å². The molecule has 0 radical (unpaired) electrons. The van der Waals surface area contributed by atoms with Crippen LogP contribution in [0.4, 0.5) is 5.69 Å². The Balaban J connectivity index is 1.37. The molecular weight excluding hydrogens is 470 g/mol. The van der Waals surface area contributed by atoms with Gasteiger partial charge in [0.25, 0.3) is 11.5 Å². The first-order chi connectivity index (χ1) is 17.3. The monoisotopic (exact) mass is 491 g/mol. The topological polar surface area (TPSA) is 162 Å². The molecule has 0 saturated heterocycles. The molecule has 0 saturated carbocycles. The maximum Gasteiger partial charge on any atom is 0.315 e. The van der Waals surface area contributed by atoms with Gasteiger partial charge in [0, 0.05) is 17.4 Å². The number of nitro groups is 1. The van der Waals surface area contributed by atoms with Gasteiger partial charge in [0.2, 0.25) is 5.75 Å². The number of amides is 1. The molecule has 4 aromatic rings. The molecule has 1 aliphatic rings. The van der Waals surface area contributed by atoms with Crippen LogP contribution in [0.1, 0.15) is 35.6 Å². The third-order valence-electron chi connectivity index (χ3n) is 6.03. The van der Waals surface area contributed by atoms with E-state index < -0.39 is 34.4 Å². The number of aryl methyl sites for hydroxylation is 3. The van der Waals surface area contributed by atoms with Crippen molar-refractivity contribution in [2.24, 2.45) is 5.10 Å². The molecule has 2 heterocycles. The summed E-state index contributed by atoms with van der Waals surface area (Å²) in [6.45, 7) is 1.03. The van der Waals surface area contributed by atoms with Gasteiger partial charge >= 0.3 is 5.69 Å². The van der Waals surface area contributed by atoms with E-state index in [1.54, 1.807) is 31.2 Å². The SMILES string of the molecule is Cc1nc2ccccc2c(=O)n1OCC(=O)N/N=C/c1c(O)c([N+](=O)[O-])cc2oc3c(c12)CCCC3. The summed E-state index contributed by atoms with van der Waals surface area (Å²) < 4.78 is 6.75. The predicted molar refractivity (Wildman–Crippen MR) is 129 cm³/mol. The summed E-state index contributed by atoms with van der Waals surface area (Å²) >= 11 is 0. The number of para-hydroxylation sites is 1. The first-order valence-electron chi connectivity index (χ1n) is 11.2. The number of hydrogen-bond donors (Lipinski definition) is 2. The van der Waals surface area contributed by atoms with E-state index in [0.29, 0.717) is 29.1 Å². The molecule has 1 amide bonds. The summed E-state index contributed by atoms with van der Waals surface area (Å²) in [6, 6.07) is 7.97. The third-order valence-corrected chi connectivity index (χ3v) is 6.03. The van der Waals surface area contributed by atoms with Gasteiger partial charge in [0.1, 0.15) is 17.2 Å². The molecule has 0 bridgehead atoms. The van der Waals surface area contributed by atoms with Crippen LogP contribution in [0.25, 0.3) is 21.9 Å². The lowest BCUT2D eigenvalue weighted by atomic mass is 9.93. The molecule has 184 valence electrons. The number of phenolic OH excluding ortho intramolecular Hbond substituents is 1. The van der Waals surface area contributed by atoms with Gasteiger partial charge in [-0.3, -0.25) is 19.7 Å². The Hall–Kier alpha value is -4.74. The Labute approximate surface area is 202 Å². The smallest absolute Gasteiger partial charge is 0.315 e. The van der Waals surface area contributed by atoms with Gasteiger partial charge in [-0.15, -0.1) is 4.73 Å². The van der Waals surface area contributed by atoms with Crippen molar-refractivity contribution in [3.8, 4) is 5.75 Å². The van der Waals surface area contributed by atoms with Crippen molar-refractivity contribution in [3.63, 3.8) is 0 Å². The highest BCUT2D eigenvalue weighted by atomic mass is 16.7. The van der Waals surface area contributed by atoms with Crippen LogP contribution in [0.3, 0.4) is 0 Å². The highest BCUT2D eigenvalue weighted by molar-refractivity contribution is 6.05. The van der Waals surface area contributed by atoms with Gasteiger partial charge < -0.3 is 14.4 Å². The highest BCUT2D eigenvalue weighted by Crippen LogP contribution is 2.41. The second-order valence-corrected chi connectivity index (χ2v) is 8.34. The summed E-state index contributed by atoms with van der Waals surface area (Å²) in [5, 5.41) is 26.8. The lowest BCUT2D eigenvalue weighted by molar-refractivity contribution is -0.385. The van der Waals surface area contributed by atoms with E-state index in [1.807, 2.05) is 0 Å². The number of phenols is 1. The quantitative estimate of drug-likeness (QED) is 0.236. The largest absolute Gasteiger partial charge is 0.502 e. The number of rotatable bonds is 6. The highest BCUT2D eigenvalue weighted by Gasteiger charge is 2.27. The molecule has 12 heteroatoms. The Morgan fingerprint density at radius 1 is 1.36 bits per heavy atom. The molecule has 36 heavy (non-hydrogen) atoms. The molecule has 5 rings (SSSR count). The Bertz CT molecular complexity index is 1620. The maximum atomic E-state index is 12.6. The van der Waals surface area contributed by atoms with Crippen LogP contribution in [0.2, 0.25) is 0 Å². The van der Waals surface area contributed by atoms with Crippen molar-refractivity contribution in [1.29, 1.82) is 0 Å². The van der Waals surface area contributed by atoms with Gasteiger partial charge in [0.15, 0.2) is 6.61 Å². The minimum absolute atomic E-state index is 0.0816. The summed E-state index contributed by atoms with van der Waals surface area (Å²) in [5.74, 6) is -0.266. The molecule has 0 aliphatic heterocycles. The molecule has 2 aromatic carbocycles. The molecule has 0 spiro atoms. The van der Waals surface area contributed by atoms with E-state index in [0.717, 1.165) is 35.1 Å². The van der Waals surface area contributed by atoms with E-state index in [2.05, 4.69) is 15.5 Å². The Kier molecular flexibility index (Phi) is 5.84. The lowest BCUT2D eigenvalue weighted by Crippen LogP contribution is -2.35. The number of aromatic hydroxyl groups is 1. The zero-order chi connectivity index (χ0) is 25.4. The number of nitrogens with zero attached hydrogens (tertiary/aromatic N) is 4. The number of benzene rings is 2. The number of carbonyl (C=O) groups excluding carboxylic acids is 1. The fourth-order valence-corrected chi connectivity index (χ4v) is 4.40. The van der Waals surface area contributed by atoms with E-state index in [9.17, 15) is 24.8 Å². The number of nitro benzene ring substituents is 1. The second kappa shape index (κ2) is 9.13.